The Labute approximate surface area is 107 Å². The van der Waals surface area contributed by atoms with Gasteiger partial charge in [-0.05, 0) is 12.1 Å². The van der Waals surface area contributed by atoms with Crippen LogP contribution in [0.3, 0.4) is 0 Å². The highest BCUT2D eigenvalue weighted by atomic mass is 32.1. The molecule has 0 bridgehead atoms. The molecule has 0 saturated carbocycles. The number of nitro groups is 1. The van der Waals surface area contributed by atoms with E-state index in [2.05, 4.69) is 24.5 Å². The number of thiol groups is 1. The molecule has 0 fully saturated rings. The minimum atomic E-state index is -4.61. The summed E-state index contributed by atoms with van der Waals surface area (Å²) in [5.74, 6) is 5.53. The molecule has 0 heterocycles. The third-order valence-electron chi connectivity index (χ3n) is 1.98. The molecule has 0 unspecified atom stereocenters. The van der Waals surface area contributed by atoms with Crippen LogP contribution in [0.2, 0.25) is 0 Å². The highest BCUT2D eigenvalue weighted by Crippen LogP contribution is 2.32. The Bertz CT molecular complexity index is 517. The number of alkyl halides is 3. The fraction of sp³-hybridized carbons (Fsp3) is 0.273. The van der Waals surface area contributed by atoms with E-state index >= 15 is 0 Å². The van der Waals surface area contributed by atoms with E-state index in [1.807, 2.05) is 0 Å². The molecule has 96 valence electrons. The van der Waals surface area contributed by atoms with Crippen molar-refractivity contribution in [3.8, 4) is 11.8 Å². The molecule has 0 aliphatic heterocycles. The van der Waals surface area contributed by atoms with E-state index in [0.29, 0.717) is 18.2 Å². The second-order valence-electron chi connectivity index (χ2n) is 3.26. The third-order valence-corrected chi connectivity index (χ3v) is 2.21. The molecule has 0 radical (unpaired) electrons. The van der Waals surface area contributed by atoms with Gasteiger partial charge in [-0.2, -0.15) is 25.8 Å². The number of benzene rings is 1. The lowest BCUT2D eigenvalue weighted by atomic mass is 10.1. The normalized spacial score (nSPS) is 10.7. The second-order valence-corrected chi connectivity index (χ2v) is 3.71. The Kier molecular flexibility index (Phi) is 4.62. The Morgan fingerprint density at radius 1 is 1.39 bits per heavy atom. The number of nitro benzene ring substituents is 1. The molecule has 3 nitrogen and oxygen atoms in total. The maximum Gasteiger partial charge on any atom is 0.416 e. The fourth-order valence-electron chi connectivity index (χ4n) is 1.18. The van der Waals surface area contributed by atoms with Crippen LogP contribution >= 0.6 is 12.6 Å². The number of hydrogen-bond donors (Lipinski definition) is 1. The molecule has 18 heavy (non-hydrogen) atoms. The van der Waals surface area contributed by atoms with Crippen molar-refractivity contribution in [2.75, 3.05) is 5.75 Å². The van der Waals surface area contributed by atoms with Crippen molar-refractivity contribution in [1.82, 2.24) is 0 Å². The van der Waals surface area contributed by atoms with E-state index in [1.165, 1.54) is 0 Å². The van der Waals surface area contributed by atoms with E-state index in [-0.39, 0.29) is 5.56 Å². The van der Waals surface area contributed by atoms with Gasteiger partial charge in [0.15, 0.2) is 0 Å². The zero-order valence-electron chi connectivity index (χ0n) is 8.99. The molecule has 1 aromatic rings. The van der Waals surface area contributed by atoms with Crippen LogP contribution in [-0.2, 0) is 6.18 Å². The average Bonchev–Trinajstić information content (AvgIpc) is 2.28. The van der Waals surface area contributed by atoms with Crippen LogP contribution < -0.4 is 0 Å². The van der Waals surface area contributed by atoms with Crippen molar-refractivity contribution in [2.24, 2.45) is 0 Å². The van der Waals surface area contributed by atoms with Gasteiger partial charge in [0.1, 0.15) is 5.56 Å². The summed E-state index contributed by atoms with van der Waals surface area (Å²) in [4.78, 5) is 9.81. The van der Waals surface area contributed by atoms with Crippen molar-refractivity contribution in [3.05, 3.63) is 39.4 Å². The summed E-state index contributed by atoms with van der Waals surface area (Å²) in [7, 11) is 0. The van der Waals surface area contributed by atoms with Crippen molar-refractivity contribution in [1.29, 1.82) is 0 Å². The smallest absolute Gasteiger partial charge is 0.258 e. The minimum absolute atomic E-state index is 0.0326. The van der Waals surface area contributed by atoms with Gasteiger partial charge in [-0.3, -0.25) is 10.1 Å². The van der Waals surface area contributed by atoms with Crippen LogP contribution in [0.1, 0.15) is 17.5 Å². The maximum atomic E-state index is 12.4. The van der Waals surface area contributed by atoms with Crippen molar-refractivity contribution in [3.63, 3.8) is 0 Å². The molecule has 0 atom stereocenters. The zero-order chi connectivity index (χ0) is 13.8. The zero-order valence-corrected chi connectivity index (χ0v) is 9.89. The highest BCUT2D eigenvalue weighted by molar-refractivity contribution is 7.80. The first-order valence-corrected chi connectivity index (χ1v) is 5.45. The van der Waals surface area contributed by atoms with Gasteiger partial charge in [-0.1, -0.05) is 11.8 Å². The first-order chi connectivity index (χ1) is 8.36. The fourth-order valence-corrected chi connectivity index (χ4v) is 1.29. The molecule has 0 amide bonds. The summed E-state index contributed by atoms with van der Waals surface area (Å²) in [5, 5.41) is 10.7. The highest BCUT2D eigenvalue weighted by Gasteiger charge is 2.32. The summed E-state index contributed by atoms with van der Waals surface area (Å²) in [5.41, 5.74) is -1.74. The van der Waals surface area contributed by atoms with Crippen molar-refractivity contribution < 1.29 is 18.1 Å². The molecule has 0 aliphatic rings. The lowest BCUT2D eigenvalue weighted by Crippen LogP contribution is -2.06. The van der Waals surface area contributed by atoms with Crippen LogP contribution in [0.25, 0.3) is 0 Å². The molecular weight excluding hydrogens is 267 g/mol. The topological polar surface area (TPSA) is 43.1 Å². The molecular formula is C11H8F3NO2S. The summed E-state index contributed by atoms with van der Waals surface area (Å²) in [6, 6.07) is 2.27. The molecule has 0 saturated heterocycles. The Balaban J connectivity index is 3.23. The summed E-state index contributed by atoms with van der Waals surface area (Å²) in [6.45, 7) is 0. The van der Waals surface area contributed by atoms with Crippen LogP contribution in [0, 0.1) is 22.0 Å². The summed E-state index contributed by atoms with van der Waals surface area (Å²) in [6.07, 6.45) is -4.21. The van der Waals surface area contributed by atoms with Crippen LogP contribution in [0.15, 0.2) is 18.2 Å². The van der Waals surface area contributed by atoms with Crippen molar-refractivity contribution >= 4 is 18.3 Å². The lowest BCUT2D eigenvalue weighted by molar-refractivity contribution is -0.385. The van der Waals surface area contributed by atoms with Crippen LogP contribution in [-0.4, -0.2) is 10.7 Å². The number of hydrogen-bond acceptors (Lipinski definition) is 3. The Morgan fingerprint density at radius 3 is 2.56 bits per heavy atom. The number of rotatable bonds is 2. The predicted molar refractivity (Wildman–Crippen MR) is 63.4 cm³/mol. The van der Waals surface area contributed by atoms with Gasteiger partial charge in [-0.15, -0.1) is 0 Å². The Morgan fingerprint density at radius 2 is 2.06 bits per heavy atom. The number of halogens is 3. The molecule has 0 N–H and O–H groups in total. The molecule has 0 aromatic heterocycles. The standard InChI is InChI=1S/C11H8F3NO2S/c12-11(13,14)9-5-4-8(3-1-2-6-18)10(7-9)15(16)17/h4-5,7,18H,2,6H2. The lowest BCUT2D eigenvalue weighted by Gasteiger charge is -2.06. The van der Waals surface area contributed by atoms with Gasteiger partial charge in [0.25, 0.3) is 5.69 Å². The van der Waals surface area contributed by atoms with Gasteiger partial charge in [0.05, 0.1) is 10.5 Å². The van der Waals surface area contributed by atoms with Gasteiger partial charge in [-0.25, -0.2) is 0 Å². The van der Waals surface area contributed by atoms with Gasteiger partial charge >= 0.3 is 6.18 Å². The van der Waals surface area contributed by atoms with Crippen LogP contribution in [0.5, 0.6) is 0 Å². The quantitative estimate of drug-likeness (QED) is 0.389. The van der Waals surface area contributed by atoms with Gasteiger partial charge in [0.2, 0.25) is 0 Å². The van der Waals surface area contributed by atoms with E-state index in [9.17, 15) is 23.3 Å². The first kappa shape index (κ1) is 14.4. The maximum absolute atomic E-state index is 12.4. The van der Waals surface area contributed by atoms with E-state index in [1.54, 1.807) is 0 Å². The third kappa shape index (κ3) is 3.67. The van der Waals surface area contributed by atoms with Crippen molar-refractivity contribution in [2.45, 2.75) is 12.6 Å². The second kappa shape index (κ2) is 5.78. The predicted octanol–water partition coefficient (Wildman–Crippen LogP) is 3.29. The van der Waals surface area contributed by atoms with Gasteiger partial charge < -0.3 is 0 Å². The summed E-state index contributed by atoms with van der Waals surface area (Å²) >= 11 is 3.90. The van der Waals surface area contributed by atoms with E-state index in [0.717, 1.165) is 12.1 Å². The first-order valence-electron chi connectivity index (χ1n) is 4.81. The SMILES string of the molecule is O=[N+]([O-])c1cc(C(F)(F)F)ccc1C#CCCS. The molecule has 0 spiro atoms. The monoisotopic (exact) mass is 275 g/mol. The number of nitrogens with zero attached hydrogens (tertiary/aromatic N) is 1. The molecule has 7 heteroatoms. The van der Waals surface area contributed by atoms with Crippen LogP contribution in [0.4, 0.5) is 18.9 Å². The van der Waals surface area contributed by atoms with E-state index in [4.69, 9.17) is 0 Å². The molecule has 1 aromatic carbocycles. The Hall–Kier alpha value is -1.68. The molecule has 1 rings (SSSR count). The minimum Gasteiger partial charge on any atom is -0.258 e. The largest absolute Gasteiger partial charge is 0.416 e. The summed E-state index contributed by atoms with van der Waals surface area (Å²) < 4.78 is 37.2. The van der Waals surface area contributed by atoms with Gasteiger partial charge in [0, 0.05) is 18.2 Å². The molecule has 0 aliphatic carbocycles. The van der Waals surface area contributed by atoms with E-state index < -0.39 is 22.4 Å². The average molecular weight is 275 g/mol.